The Labute approximate surface area is 167 Å². The van der Waals surface area contributed by atoms with Crippen molar-refractivity contribution in [1.82, 2.24) is 14.9 Å². The first-order chi connectivity index (χ1) is 13.1. The second-order valence-electron chi connectivity index (χ2n) is 9.49. The number of aromatic amines is 1. The summed E-state index contributed by atoms with van der Waals surface area (Å²) in [7, 11) is 1.37. The highest BCUT2D eigenvalue weighted by Crippen LogP contribution is 2.41. The highest BCUT2D eigenvalue weighted by molar-refractivity contribution is 5.85. The highest BCUT2D eigenvalue weighted by atomic mass is 16.6. The zero-order valence-corrected chi connectivity index (χ0v) is 17.8. The van der Waals surface area contributed by atoms with Gasteiger partial charge >= 0.3 is 11.9 Å². The minimum absolute atomic E-state index is 0.0612. The summed E-state index contributed by atoms with van der Waals surface area (Å²) in [6.07, 6.45) is 4.67. The average molecular weight is 392 g/mol. The predicted octanol–water partition coefficient (Wildman–Crippen LogP) is 3.09. The molecule has 0 amide bonds. The molecular weight excluding hydrogens is 358 g/mol. The molecule has 1 aliphatic heterocycles. The number of carbonyl (C=O) groups excluding carboxylic acids is 2. The molecule has 0 radical (unpaired) electrons. The molecule has 1 fully saturated rings. The van der Waals surface area contributed by atoms with Crippen LogP contribution in [0.5, 0.6) is 0 Å². The lowest BCUT2D eigenvalue weighted by Crippen LogP contribution is -2.41. The molecule has 0 spiro atoms. The zero-order valence-electron chi connectivity index (χ0n) is 17.8. The molecule has 1 aromatic rings. The number of ether oxygens (including phenoxy) is 2. The molecular formula is C21H33N3O4. The molecule has 2 aliphatic rings. The van der Waals surface area contributed by atoms with E-state index in [2.05, 4.69) is 14.9 Å². The number of esters is 2. The van der Waals surface area contributed by atoms with Crippen LogP contribution in [0.4, 0.5) is 0 Å². The van der Waals surface area contributed by atoms with Crippen LogP contribution in [0.2, 0.25) is 0 Å². The Morgan fingerprint density at radius 3 is 2.57 bits per heavy atom. The molecule has 156 valence electrons. The molecule has 1 aliphatic carbocycles. The summed E-state index contributed by atoms with van der Waals surface area (Å²) in [6.45, 7) is 10.5. The number of methoxy groups -OCH3 is 1. The fourth-order valence-electron chi connectivity index (χ4n) is 4.17. The van der Waals surface area contributed by atoms with Crippen LogP contribution in [0.25, 0.3) is 0 Å². The smallest absolute Gasteiger partial charge is 0.374 e. The van der Waals surface area contributed by atoms with E-state index in [-0.39, 0.29) is 11.4 Å². The van der Waals surface area contributed by atoms with Gasteiger partial charge in [0.25, 0.3) is 0 Å². The molecule has 7 nitrogen and oxygen atoms in total. The van der Waals surface area contributed by atoms with Gasteiger partial charge in [-0.3, -0.25) is 9.69 Å². The van der Waals surface area contributed by atoms with E-state index >= 15 is 0 Å². The van der Waals surface area contributed by atoms with Crippen molar-refractivity contribution in [2.24, 2.45) is 11.3 Å². The minimum atomic E-state index is -0.435. The monoisotopic (exact) mass is 391 g/mol. The van der Waals surface area contributed by atoms with E-state index in [9.17, 15) is 9.59 Å². The molecule has 7 heteroatoms. The lowest BCUT2D eigenvalue weighted by molar-refractivity contribution is -0.169. The molecule has 0 bridgehead atoms. The van der Waals surface area contributed by atoms with Crippen LogP contribution in [-0.2, 0) is 27.2 Å². The first kappa shape index (κ1) is 20.8. The Balaban J connectivity index is 1.52. The van der Waals surface area contributed by atoms with Crippen molar-refractivity contribution < 1.29 is 19.1 Å². The number of rotatable bonds is 4. The summed E-state index contributed by atoms with van der Waals surface area (Å²) in [5.74, 6) is 0.392. The summed E-state index contributed by atoms with van der Waals surface area (Å²) in [5, 5.41) is 0. The number of H-pyrrole nitrogens is 1. The number of hydrogen-bond donors (Lipinski definition) is 1. The molecule has 0 unspecified atom stereocenters. The molecule has 0 atom stereocenters. The quantitative estimate of drug-likeness (QED) is 0.794. The average Bonchev–Trinajstić information content (AvgIpc) is 3.05. The summed E-state index contributed by atoms with van der Waals surface area (Å²) in [5.41, 5.74) is 1.19. The molecule has 3 rings (SSSR count). The summed E-state index contributed by atoms with van der Waals surface area (Å²) in [4.78, 5) is 34.1. The second-order valence-corrected chi connectivity index (χ2v) is 9.49. The van der Waals surface area contributed by atoms with Gasteiger partial charge in [-0.15, -0.1) is 0 Å². The van der Waals surface area contributed by atoms with Crippen molar-refractivity contribution in [3.63, 3.8) is 0 Å². The van der Waals surface area contributed by atoms with Gasteiger partial charge in [0.2, 0.25) is 5.82 Å². The SMILES string of the molecule is COC(=O)c1nc2c([nH]1)CN(CC1CCC(C)(C(=O)OC(C)(C)C)CC1)CC2. The molecule has 2 heterocycles. The Hall–Kier alpha value is -1.89. The van der Waals surface area contributed by atoms with Crippen LogP contribution in [-0.4, -0.2) is 52.6 Å². The maximum Gasteiger partial charge on any atom is 0.374 e. The number of carbonyl (C=O) groups is 2. The van der Waals surface area contributed by atoms with Crippen LogP contribution in [0.15, 0.2) is 0 Å². The third-order valence-corrected chi connectivity index (χ3v) is 5.91. The number of nitrogens with zero attached hydrogens (tertiary/aromatic N) is 2. The van der Waals surface area contributed by atoms with Gasteiger partial charge in [-0.1, -0.05) is 0 Å². The van der Waals surface area contributed by atoms with Gasteiger partial charge in [-0.25, -0.2) is 9.78 Å². The molecule has 0 saturated heterocycles. The van der Waals surface area contributed by atoms with E-state index in [0.717, 1.165) is 63.1 Å². The standard InChI is InChI=1S/C21H33N3O4/c1-20(2,3)28-19(26)21(4)9-6-14(7-10-21)12-24-11-8-15-16(13-24)23-17(22-15)18(25)27-5/h14H,6-13H2,1-5H3,(H,22,23). The topological polar surface area (TPSA) is 84.5 Å². The second kappa shape index (κ2) is 7.85. The van der Waals surface area contributed by atoms with Crippen molar-refractivity contribution in [3.8, 4) is 0 Å². The van der Waals surface area contributed by atoms with Crippen LogP contribution in [0.3, 0.4) is 0 Å². The molecule has 28 heavy (non-hydrogen) atoms. The number of imidazole rings is 1. The number of nitrogens with one attached hydrogen (secondary N) is 1. The van der Waals surface area contributed by atoms with Crippen LogP contribution >= 0.6 is 0 Å². The van der Waals surface area contributed by atoms with Crippen LogP contribution < -0.4 is 0 Å². The maximum atomic E-state index is 12.6. The van der Waals surface area contributed by atoms with Crippen LogP contribution in [0, 0.1) is 11.3 Å². The van der Waals surface area contributed by atoms with Crippen molar-refractivity contribution in [2.45, 2.75) is 71.9 Å². The zero-order chi connectivity index (χ0) is 20.5. The Morgan fingerprint density at radius 1 is 1.29 bits per heavy atom. The van der Waals surface area contributed by atoms with Gasteiger partial charge in [0.05, 0.1) is 23.9 Å². The fraction of sp³-hybridized carbons (Fsp3) is 0.762. The number of aromatic nitrogens is 2. The van der Waals surface area contributed by atoms with Crippen LogP contribution in [0.1, 0.15) is 75.4 Å². The lowest BCUT2D eigenvalue weighted by Gasteiger charge is -2.39. The van der Waals surface area contributed by atoms with E-state index in [4.69, 9.17) is 9.47 Å². The molecule has 0 aromatic carbocycles. The van der Waals surface area contributed by atoms with E-state index < -0.39 is 11.6 Å². The summed E-state index contributed by atoms with van der Waals surface area (Å²) >= 11 is 0. The van der Waals surface area contributed by atoms with Gasteiger partial charge < -0.3 is 14.5 Å². The van der Waals surface area contributed by atoms with E-state index in [1.807, 2.05) is 27.7 Å². The third-order valence-electron chi connectivity index (χ3n) is 5.91. The minimum Gasteiger partial charge on any atom is -0.463 e. The fourth-order valence-corrected chi connectivity index (χ4v) is 4.17. The summed E-state index contributed by atoms with van der Waals surface area (Å²) < 4.78 is 10.4. The highest BCUT2D eigenvalue weighted by Gasteiger charge is 2.40. The lowest BCUT2D eigenvalue weighted by atomic mass is 9.71. The normalized spacial score (nSPS) is 25.8. The first-order valence-electron chi connectivity index (χ1n) is 10.2. The summed E-state index contributed by atoms with van der Waals surface area (Å²) in [6, 6.07) is 0. The molecule has 1 N–H and O–H groups in total. The third kappa shape index (κ3) is 4.74. The van der Waals surface area contributed by atoms with Crippen molar-refractivity contribution in [2.75, 3.05) is 20.2 Å². The predicted molar refractivity (Wildman–Crippen MR) is 105 cm³/mol. The van der Waals surface area contributed by atoms with E-state index in [1.165, 1.54) is 7.11 Å². The number of fused-ring (bicyclic) bond motifs is 1. The van der Waals surface area contributed by atoms with Gasteiger partial charge in [0.1, 0.15) is 5.60 Å². The van der Waals surface area contributed by atoms with Gasteiger partial charge in [0.15, 0.2) is 0 Å². The Kier molecular flexibility index (Phi) is 5.84. The van der Waals surface area contributed by atoms with Gasteiger partial charge in [-0.2, -0.15) is 0 Å². The maximum absolute atomic E-state index is 12.6. The largest absolute Gasteiger partial charge is 0.463 e. The Bertz CT molecular complexity index is 726. The molecule has 1 saturated carbocycles. The first-order valence-corrected chi connectivity index (χ1v) is 10.2. The number of hydrogen-bond acceptors (Lipinski definition) is 6. The van der Waals surface area contributed by atoms with E-state index in [0.29, 0.717) is 11.7 Å². The van der Waals surface area contributed by atoms with Gasteiger partial charge in [0, 0.05) is 26.1 Å². The van der Waals surface area contributed by atoms with Crippen molar-refractivity contribution >= 4 is 11.9 Å². The van der Waals surface area contributed by atoms with E-state index in [1.54, 1.807) is 0 Å². The van der Waals surface area contributed by atoms with Crippen molar-refractivity contribution in [3.05, 3.63) is 17.2 Å². The molecule has 1 aromatic heterocycles. The van der Waals surface area contributed by atoms with Gasteiger partial charge in [-0.05, 0) is 59.3 Å². The van der Waals surface area contributed by atoms with Crippen molar-refractivity contribution in [1.29, 1.82) is 0 Å². The Morgan fingerprint density at radius 2 is 1.96 bits per heavy atom.